The predicted octanol–water partition coefficient (Wildman–Crippen LogP) is 6.72. The van der Waals surface area contributed by atoms with Crippen molar-refractivity contribution in [3.05, 3.63) is 90.5 Å². The van der Waals surface area contributed by atoms with Gasteiger partial charge in [-0.1, -0.05) is 48.5 Å². The number of anilines is 2. The number of rotatable bonds is 4. The number of methoxy groups -OCH3 is 2. The standard InChI is InChI=1S/C28H22N2O2/c1-31-23-15-7-12-20-26(23)28-25-19(29-20)11-6-13-21(25)30(17-18-9-4-3-5-10-18)22-14-8-16-24(32-2)27(22)28/h3-16H,17H2,1-2H3. The molecule has 4 aromatic carbocycles. The van der Waals surface area contributed by atoms with Crippen LogP contribution in [0.2, 0.25) is 0 Å². The molecule has 6 rings (SSSR count). The molecule has 1 aromatic heterocycles. The van der Waals surface area contributed by atoms with E-state index in [2.05, 4.69) is 65.6 Å². The maximum atomic E-state index is 5.89. The average molecular weight is 418 g/mol. The van der Waals surface area contributed by atoms with Crippen LogP contribution >= 0.6 is 0 Å². The molecule has 0 fully saturated rings. The van der Waals surface area contributed by atoms with Crippen molar-refractivity contribution in [2.45, 2.75) is 6.54 Å². The zero-order valence-electron chi connectivity index (χ0n) is 18.0. The third-order valence-electron chi connectivity index (χ3n) is 6.22. The van der Waals surface area contributed by atoms with Gasteiger partial charge < -0.3 is 14.4 Å². The zero-order valence-corrected chi connectivity index (χ0v) is 18.0. The lowest BCUT2D eigenvalue weighted by molar-refractivity contribution is 0.416. The Bertz CT molecular complexity index is 1480. The van der Waals surface area contributed by atoms with Gasteiger partial charge in [0, 0.05) is 23.1 Å². The molecule has 0 bridgehead atoms. The van der Waals surface area contributed by atoms with E-state index in [0.717, 1.165) is 62.4 Å². The van der Waals surface area contributed by atoms with E-state index in [0.29, 0.717) is 0 Å². The summed E-state index contributed by atoms with van der Waals surface area (Å²) in [6.07, 6.45) is 0. The van der Waals surface area contributed by atoms with Crippen LogP contribution in [0.5, 0.6) is 11.5 Å². The molecule has 156 valence electrons. The van der Waals surface area contributed by atoms with Crippen molar-refractivity contribution >= 4 is 33.2 Å². The number of aromatic nitrogens is 1. The highest BCUT2D eigenvalue weighted by molar-refractivity contribution is 6.21. The van der Waals surface area contributed by atoms with E-state index in [1.807, 2.05) is 24.3 Å². The van der Waals surface area contributed by atoms with E-state index in [-0.39, 0.29) is 0 Å². The molecule has 0 atom stereocenters. The van der Waals surface area contributed by atoms with E-state index >= 15 is 0 Å². The fourth-order valence-corrected chi connectivity index (χ4v) is 4.87. The highest BCUT2D eigenvalue weighted by atomic mass is 16.5. The van der Waals surface area contributed by atoms with Crippen LogP contribution in [0.4, 0.5) is 11.4 Å². The normalized spacial score (nSPS) is 12.1. The number of benzene rings is 4. The van der Waals surface area contributed by atoms with Crippen molar-refractivity contribution in [3.8, 4) is 22.6 Å². The Morgan fingerprint density at radius 2 is 1.28 bits per heavy atom. The number of fused-ring (bicyclic) bond motifs is 4. The van der Waals surface area contributed by atoms with Crippen molar-refractivity contribution < 1.29 is 9.47 Å². The Balaban J connectivity index is 1.78. The van der Waals surface area contributed by atoms with E-state index in [1.165, 1.54) is 5.56 Å². The molecule has 0 amide bonds. The summed E-state index contributed by atoms with van der Waals surface area (Å²) in [5.74, 6) is 1.66. The highest BCUT2D eigenvalue weighted by Crippen LogP contribution is 2.54. The monoisotopic (exact) mass is 418 g/mol. The fraction of sp³-hybridized carbons (Fsp3) is 0.107. The summed E-state index contributed by atoms with van der Waals surface area (Å²) in [7, 11) is 3.45. The Morgan fingerprint density at radius 1 is 0.625 bits per heavy atom. The number of hydrogen-bond donors (Lipinski definition) is 0. The van der Waals surface area contributed by atoms with Crippen LogP contribution in [0, 0.1) is 0 Å². The van der Waals surface area contributed by atoms with Gasteiger partial charge in [-0.15, -0.1) is 0 Å². The maximum absolute atomic E-state index is 5.89. The average Bonchev–Trinajstić information content (AvgIpc) is 2.85. The van der Waals surface area contributed by atoms with Crippen LogP contribution in [0.3, 0.4) is 0 Å². The first-order valence-corrected chi connectivity index (χ1v) is 10.7. The highest BCUT2D eigenvalue weighted by Gasteiger charge is 2.30. The molecule has 4 nitrogen and oxygen atoms in total. The van der Waals surface area contributed by atoms with Crippen molar-refractivity contribution in [2.75, 3.05) is 19.1 Å². The second kappa shape index (κ2) is 7.27. The second-order valence-corrected chi connectivity index (χ2v) is 7.94. The first-order chi connectivity index (χ1) is 15.8. The van der Waals surface area contributed by atoms with Crippen LogP contribution in [-0.4, -0.2) is 19.2 Å². The van der Waals surface area contributed by atoms with E-state index in [9.17, 15) is 0 Å². The summed E-state index contributed by atoms with van der Waals surface area (Å²) >= 11 is 0. The molecule has 0 unspecified atom stereocenters. The van der Waals surface area contributed by atoms with Gasteiger partial charge in [0.15, 0.2) is 0 Å². The van der Waals surface area contributed by atoms with E-state index in [1.54, 1.807) is 14.2 Å². The third-order valence-corrected chi connectivity index (χ3v) is 6.22. The molecular formula is C28H22N2O2. The quantitative estimate of drug-likeness (QED) is 0.303. The van der Waals surface area contributed by atoms with Crippen LogP contribution in [0.15, 0.2) is 84.9 Å². The van der Waals surface area contributed by atoms with Gasteiger partial charge in [0.1, 0.15) is 11.5 Å². The van der Waals surface area contributed by atoms with Crippen molar-refractivity contribution in [3.63, 3.8) is 0 Å². The summed E-state index contributed by atoms with van der Waals surface area (Å²) in [6, 6.07) is 29.2. The largest absolute Gasteiger partial charge is 0.496 e. The van der Waals surface area contributed by atoms with Crippen molar-refractivity contribution in [1.82, 2.24) is 4.98 Å². The van der Waals surface area contributed by atoms with Crippen LogP contribution in [0.25, 0.3) is 32.9 Å². The minimum atomic E-state index is 0.753. The van der Waals surface area contributed by atoms with Gasteiger partial charge >= 0.3 is 0 Å². The number of ether oxygens (including phenoxy) is 2. The summed E-state index contributed by atoms with van der Waals surface area (Å²) in [5.41, 5.74) is 7.58. The molecule has 0 saturated carbocycles. The third kappa shape index (κ3) is 2.66. The molecule has 1 aliphatic rings. The summed E-state index contributed by atoms with van der Waals surface area (Å²) < 4.78 is 11.7. The van der Waals surface area contributed by atoms with Gasteiger partial charge in [0.2, 0.25) is 0 Å². The van der Waals surface area contributed by atoms with Crippen LogP contribution in [0.1, 0.15) is 5.56 Å². The lowest BCUT2D eigenvalue weighted by Crippen LogP contribution is -2.21. The minimum Gasteiger partial charge on any atom is -0.496 e. The van der Waals surface area contributed by atoms with E-state index < -0.39 is 0 Å². The van der Waals surface area contributed by atoms with Crippen LogP contribution in [-0.2, 0) is 6.54 Å². The fourth-order valence-electron chi connectivity index (χ4n) is 4.87. The minimum absolute atomic E-state index is 0.753. The topological polar surface area (TPSA) is 34.6 Å². The lowest BCUT2D eigenvalue weighted by Gasteiger charge is -2.34. The molecular weight excluding hydrogens is 396 g/mol. The number of nitrogens with zero attached hydrogens (tertiary/aromatic N) is 2. The molecule has 0 aliphatic carbocycles. The molecule has 32 heavy (non-hydrogen) atoms. The number of hydrogen-bond acceptors (Lipinski definition) is 4. The van der Waals surface area contributed by atoms with Gasteiger partial charge in [-0.05, 0) is 42.0 Å². The molecule has 0 saturated heterocycles. The van der Waals surface area contributed by atoms with Crippen molar-refractivity contribution in [2.24, 2.45) is 0 Å². The molecule has 0 N–H and O–H groups in total. The first kappa shape index (κ1) is 18.7. The van der Waals surface area contributed by atoms with Gasteiger partial charge in [0.25, 0.3) is 0 Å². The van der Waals surface area contributed by atoms with Gasteiger partial charge in [0.05, 0.1) is 42.0 Å². The first-order valence-electron chi connectivity index (χ1n) is 10.7. The van der Waals surface area contributed by atoms with Gasteiger partial charge in [-0.3, -0.25) is 0 Å². The summed E-state index contributed by atoms with van der Waals surface area (Å²) in [4.78, 5) is 7.38. The Hall–Kier alpha value is -4.05. The Kier molecular flexibility index (Phi) is 4.25. The van der Waals surface area contributed by atoms with Crippen LogP contribution < -0.4 is 14.4 Å². The molecule has 5 aromatic rings. The zero-order chi connectivity index (χ0) is 21.7. The van der Waals surface area contributed by atoms with Crippen molar-refractivity contribution in [1.29, 1.82) is 0 Å². The summed E-state index contributed by atoms with van der Waals surface area (Å²) in [6.45, 7) is 0.753. The number of pyridine rings is 1. The molecule has 0 spiro atoms. The molecule has 0 radical (unpaired) electrons. The Labute approximate surface area is 186 Å². The molecule has 2 heterocycles. The molecule has 4 heteroatoms. The van der Waals surface area contributed by atoms with Gasteiger partial charge in [-0.2, -0.15) is 0 Å². The maximum Gasteiger partial charge on any atom is 0.128 e. The Morgan fingerprint density at radius 3 is 2.06 bits per heavy atom. The predicted molar refractivity (Wildman–Crippen MR) is 130 cm³/mol. The summed E-state index contributed by atoms with van der Waals surface area (Å²) in [5, 5.41) is 2.14. The smallest absolute Gasteiger partial charge is 0.128 e. The van der Waals surface area contributed by atoms with E-state index in [4.69, 9.17) is 14.5 Å². The second-order valence-electron chi connectivity index (χ2n) is 7.94. The SMILES string of the molecule is COc1cccc2c1-c1c3c(OC)cccc3nc3cccc(c13)N2Cc1ccccc1. The van der Waals surface area contributed by atoms with Gasteiger partial charge in [-0.25, -0.2) is 4.98 Å². The molecule has 1 aliphatic heterocycles. The lowest BCUT2D eigenvalue weighted by atomic mass is 9.88.